The number of alkyl halides is 1. The van der Waals surface area contributed by atoms with E-state index >= 15 is 0 Å². The van der Waals surface area contributed by atoms with Crippen LogP contribution in [0.2, 0.25) is 0 Å². The van der Waals surface area contributed by atoms with E-state index in [9.17, 15) is 0 Å². The number of hydrogen-bond acceptors (Lipinski definition) is 1. The van der Waals surface area contributed by atoms with Crippen LogP contribution >= 0.6 is 22.9 Å². The zero-order chi connectivity index (χ0) is 10.8. The van der Waals surface area contributed by atoms with Crippen LogP contribution in [0.15, 0.2) is 59.3 Å². The summed E-state index contributed by atoms with van der Waals surface area (Å²) in [5, 5.41) is 4.08. The maximum Gasteiger partial charge on any atom is 0.0407 e. The molecular formula is C13H13ClS. The van der Waals surface area contributed by atoms with E-state index < -0.39 is 0 Å². The van der Waals surface area contributed by atoms with E-state index in [2.05, 4.69) is 0 Å². The van der Waals surface area contributed by atoms with Crippen molar-refractivity contribution in [3.63, 3.8) is 0 Å². The Balaban J connectivity index is 0.000000187. The van der Waals surface area contributed by atoms with Crippen LogP contribution in [0.1, 0.15) is 5.56 Å². The molecule has 0 spiro atoms. The minimum absolute atomic E-state index is 0.578. The number of rotatable bonds is 2. The summed E-state index contributed by atoms with van der Waals surface area (Å²) in [6.07, 6.45) is 3.93. The van der Waals surface area contributed by atoms with Crippen molar-refractivity contribution in [3.05, 3.63) is 64.9 Å². The summed E-state index contributed by atoms with van der Waals surface area (Å²) in [5.74, 6) is 0.578. The van der Waals surface area contributed by atoms with Crippen LogP contribution in [0.3, 0.4) is 0 Å². The summed E-state index contributed by atoms with van der Waals surface area (Å²) in [5.41, 5.74) is 1.20. The molecule has 2 rings (SSSR count). The van der Waals surface area contributed by atoms with Crippen LogP contribution in [0.25, 0.3) is 6.08 Å². The van der Waals surface area contributed by atoms with Crippen molar-refractivity contribution < 1.29 is 0 Å². The van der Waals surface area contributed by atoms with Crippen LogP contribution in [-0.4, -0.2) is 5.88 Å². The first-order valence-corrected chi connectivity index (χ1v) is 6.16. The van der Waals surface area contributed by atoms with Gasteiger partial charge < -0.3 is 0 Å². The quantitative estimate of drug-likeness (QED) is 0.664. The van der Waals surface area contributed by atoms with E-state index in [0.29, 0.717) is 5.88 Å². The lowest BCUT2D eigenvalue weighted by atomic mass is 10.2. The fourth-order valence-corrected chi connectivity index (χ4v) is 1.51. The highest BCUT2D eigenvalue weighted by Crippen LogP contribution is 2.00. The molecule has 0 aliphatic heterocycles. The molecule has 1 aromatic carbocycles. The van der Waals surface area contributed by atoms with E-state index in [1.165, 1.54) is 5.56 Å². The maximum atomic E-state index is 5.46. The van der Waals surface area contributed by atoms with Crippen molar-refractivity contribution >= 4 is 29.0 Å². The lowest BCUT2D eigenvalue weighted by Crippen LogP contribution is -1.67. The second kappa shape index (κ2) is 8.27. The summed E-state index contributed by atoms with van der Waals surface area (Å²) in [4.78, 5) is 0. The fraction of sp³-hybridized carbons (Fsp3) is 0.0769. The van der Waals surface area contributed by atoms with Gasteiger partial charge in [-0.3, -0.25) is 0 Å². The molecule has 15 heavy (non-hydrogen) atoms. The number of hydrogen-bond donors (Lipinski definition) is 0. The molecule has 0 atom stereocenters. The minimum Gasteiger partial charge on any atom is -0.152 e. The highest BCUT2D eigenvalue weighted by atomic mass is 35.5. The van der Waals surface area contributed by atoms with Crippen molar-refractivity contribution in [1.29, 1.82) is 0 Å². The predicted octanol–water partition coefficient (Wildman–Crippen LogP) is 4.69. The topological polar surface area (TPSA) is 0 Å². The Morgan fingerprint density at radius 3 is 2.13 bits per heavy atom. The predicted molar refractivity (Wildman–Crippen MR) is 70.5 cm³/mol. The average Bonchev–Trinajstić information content (AvgIpc) is 2.86. The van der Waals surface area contributed by atoms with Gasteiger partial charge in [-0.2, -0.15) is 11.3 Å². The Morgan fingerprint density at radius 1 is 1.00 bits per heavy atom. The van der Waals surface area contributed by atoms with Crippen LogP contribution in [0.5, 0.6) is 0 Å². The van der Waals surface area contributed by atoms with Crippen LogP contribution in [0.4, 0.5) is 0 Å². The van der Waals surface area contributed by atoms with Gasteiger partial charge in [0.15, 0.2) is 0 Å². The summed E-state index contributed by atoms with van der Waals surface area (Å²) in [6, 6.07) is 14.1. The third-order valence-electron chi connectivity index (χ3n) is 1.62. The van der Waals surface area contributed by atoms with Gasteiger partial charge in [0, 0.05) is 5.88 Å². The maximum absolute atomic E-state index is 5.46. The number of benzene rings is 1. The van der Waals surface area contributed by atoms with Gasteiger partial charge in [0.1, 0.15) is 0 Å². The van der Waals surface area contributed by atoms with Gasteiger partial charge in [0.05, 0.1) is 0 Å². The van der Waals surface area contributed by atoms with E-state index in [4.69, 9.17) is 11.6 Å². The van der Waals surface area contributed by atoms with E-state index in [1.54, 1.807) is 11.3 Å². The van der Waals surface area contributed by atoms with E-state index in [-0.39, 0.29) is 0 Å². The van der Waals surface area contributed by atoms with Crippen molar-refractivity contribution in [1.82, 2.24) is 0 Å². The first kappa shape index (κ1) is 12.0. The van der Waals surface area contributed by atoms with Gasteiger partial charge in [-0.15, -0.1) is 11.6 Å². The zero-order valence-corrected chi connectivity index (χ0v) is 9.92. The van der Waals surface area contributed by atoms with E-state index in [0.717, 1.165) is 0 Å². The average molecular weight is 237 g/mol. The SMILES string of the molecule is ClCC=Cc1ccccc1.c1ccsc1. The van der Waals surface area contributed by atoms with Gasteiger partial charge >= 0.3 is 0 Å². The summed E-state index contributed by atoms with van der Waals surface area (Å²) in [6.45, 7) is 0. The van der Waals surface area contributed by atoms with Crippen LogP contribution < -0.4 is 0 Å². The summed E-state index contributed by atoms with van der Waals surface area (Å²) < 4.78 is 0. The largest absolute Gasteiger partial charge is 0.152 e. The standard InChI is InChI=1S/C9H9Cl.C4H4S/c10-8-4-7-9-5-2-1-3-6-9;1-2-4-5-3-1/h1-7H,8H2;1-4H. The molecule has 2 aromatic rings. The second-order valence-electron chi connectivity index (χ2n) is 2.76. The molecule has 0 radical (unpaired) electrons. The van der Waals surface area contributed by atoms with Gasteiger partial charge in [-0.25, -0.2) is 0 Å². The molecule has 0 unspecified atom stereocenters. The Morgan fingerprint density at radius 2 is 1.67 bits per heavy atom. The number of halogens is 1. The Kier molecular flexibility index (Phi) is 6.63. The van der Waals surface area contributed by atoms with Crippen molar-refractivity contribution in [2.24, 2.45) is 0 Å². The van der Waals surface area contributed by atoms with Crippen LogP contribution in [-0.2, 0) is 0 Å². The van der Waals surface area contributed by atoms with Crippen molar-refractivity contribution in [2.75, 3.05) is 5.88 Å². The molecule has 0 bridgehead atoms. The third kappa shape index (κ3) is 6.10. The van der Waals surface area contributed by atoms with Crippen LogP contribution in [0, 0.1) is 0 Å². The first-order chi connectivity index (χ1) is 7.43. The summed E-state index contributed by atoms with van der Waals surface area (Å²) in [7, 11) is 0. The Labute approximate surface area is 99.8 Å². The molecule has 0 nitrogen and oxygen atoms in total. The van der Waals surface area contributed by atoms with Gasteiger partial charge in [-0.05, 0) is 16.3 Å². The molecule has 0 aliphatic rings. The molecule has 0 N–H and O–H groups in total. The molecular weight excluding hydrogens is 224 g/mol. The molecule has 78 valence electrons. The smallest absolute Gasteiger partial charge is 0.0407 e. The third-order valence-corrected chi connectivity index (χ3v) is 2.43. The molecule has 0 saturated heterocycles. The van der Waals surface area contributed by atoms with Crippen molar-refractivity contribution in [3.8, 4) is 0 Å². The van der Waals surface area contributed by atoms with Gasteiger partial charge in [0.2, 0.25) is 0 Å². The molecule has 0 aliphatic carbocycles. The highest BCUT2D eigenvalue weighted by molar-refractivity contribution is 7.07. The molecule has 0 amide bonds. The lowest BCUT2D eigenvalue weighted by molar-refractivity contribution is 1.65. The minimum atomic E-state index is 0.578. The molecule has 2 heteroatoms. The first-order valence-electron chi connectivity index (χ1n) is 4.68. The van der Waals surface area contributed by atoms with Crippen molar-refractivity contribution in [2.45, 2.75) is 0 Å². The number of thiophene rings is 1. The zero-order valence-electron chi connectivity index (χ0n) is 8.34. The normalized spacial score (nSPS) is 9.67. The second-order valence-corrected chi connectivity index (χ2v) is 3.89. The highest BCUT2D eigenvalue weighted by Gasteiger charge is 1.79. The number of allylic oxidation sites excluding steroid dienone is 1. The van der Waals surface area contributed by atoms with E-state index in [1.807, 2.05) is 65.4 Å². The molecule has 1 aromatic heterocycles. The Hall–Kier alpha value is -1.05. The fourth-order valence-electron chi connectivity index (χ4n) is 0.972. The van der Waals surface area contributed by atoms with Gasteiger partial charge in [-0.1, -0.05) is 54.6 Å². The monoisotopic (exact) mass is 236 g/mol. The molecule has 0 fully saturated rings. The summed E-state index contributed by atoms with van der Waals surface area (Å²) >= 11 is 7.18. The lowest BCUT2D eigenvalue weighted by Gasteiger charge is -1.87. The molecule has 0 saturated carbocycles. The molecule has 1 heterocycles. The Bertz CT molecular complexity index is 334. The van der Waals surface area contributed by atoms with Gasteiger partial charge in [0.25, 0.3) is 0 Å².